The van der Waals surface area contributed by atoms with E-state index in [0.717, 1.165) is 16.7 Å². The Morgan fingerprint density at radius 2 is 1.74 bits per heavy atom. The van der Waals surface area contributed by atoms with Crippen LogP contribution in [0.4, 0.5) is 5.95 Å². The van der Waals surface area contributed by atoms with Crippen molar-refractivity contribution >= 4 is 29.5 Å². The Hall–Kier alpha value is -2.61. The maximum Gasteiger partial charge on any atom is 0.251 e. The van der Waals surface area contributed by atoms with Crippen LogP contribution in [0.1, 0.15) is 34.3 Å². The highest BCUT2D eigenvalue weighted by Crippen LogP contribution is 2.29. The summed E-state index contributed by atoms with van der Waals surface area (Å²) in [7, 11) is 0. The van der Waals surface area contributed by atoms with E-state index in [1.54, 1.807) is 0 Å². The van der Waals surface area contributed by atoms with Gasteiger partial charge in [0.15, 0.2) is 0 Å². The molecule has 2 amide bonds. The van der Waals surface area contributed by atoms with E-state index in [0.29, 0.717) is 48.0 Å². The number of amides is 2. The zero-order valence-electron chi connectivity index (χ0n) is 15.5. The van der Waals surface area contributed by atoms with Crippen molar-refractivity contribution in [2.75, 3.05) is 24.6 Å². The molecule has 4 bridgehead atoms. The molecule has 3 rings (SSSR count). The molecule has 142 valence electrons. The van der Waals surface area contributed by atoms with Gasteiger partial charge in [0.2, 0.25) is 11.9 Å². The second-order valence-corrected chi connectivity index (χ2v) is 7.60. The monoisotopic (exact) mass is 385 g/mol. The molecule has 1 aromatic heterocycles. The third-order valence-corrected chi connectivity index (χ3v) is 5.27. The van der Waals surface area contributed by atoms with Gasteiger partial charge in [-0.3, -0.25) is 9.59 Å². The van der Waals surface area contributed by atoms with E-state index in [-0.39, 0.29) is 17.8 Å². The quantitative estimate of drug-likeness (QED) is 0.599. The fraction of sp³-hybridized carbons (Fsp3) is 0.368. The minimum atomic E-state index is -0.135. The number of hydrogen-bond donors (Lipinski definition) is 3. The highest BCUT2D eigenvalue weighted by molar-refractivity contribution is 7.99. The van der Waals surface area contributed by atoms with Crippen LogP contribution in [0.5, 0.6) is 0 Å². The fourth-order valence-corrected chi connectivity index (χ4v) is 3.83. The lowest BCUT2D eigenvalue weighted by Crippen LogP contribution is -2.30. The van der Waals surface area contributed by atoms with Crippen LogP contribution in [0, 0.1) is 13.8 Å². The first kappa shape index (κ1) is 19.2. The third-order valence-electron chi connectivity index (χ3n) is 4.35. The molecule has 2 aromatic rings. The molecule has 1 aliphatic rings. The molecule has 2 heterocycles. The van der Waals surface area contributed by atoms with E-state index in [4.69, 9.17) is 5.73 Å². The number of benzene rings is 1. The van der Waals surface area contributed by atoms with E-state index in [9.17, 15) is 9.59 Å². The largest absolute Gasteiger partial charge is 0.368 e. The predicted molar refractivity (Wildman–Crippen MR) is 107 cm³/mol. The van der Waals surface area contributed by atoms with Gasteiger partial charge in [0.05, 0.1) is 5.69 Å². The first-order valence-electron chi connectivity index (χ1n) is 8.88. The number of nitrogen functional groups attached to an aromatic ring is 1. The van der Waals surface area contributed by atoms with E-state index in [1.165, 1.54) is 11.8 Å². The standard InChI is InChI=1S/C19H23N5O2S/c1-11-8-12(2)14-9-13(11)15-10-17(24-19(20)23-15)27-7-4-16(25)21-5-3-6-22-18(14)26/h8-10H,3-7H2,1-2H3,(H,21,25)(H,22,26)(H2,20,23,24). The lowest BCUT2D eigenvalue weighted by atomic mass is 9.97. The lowest BCUT2D eigenvalue weighted by molar-refractivity contribution is -0.120. The van der Waals surface area contributed by atoms with Crippen LogP contribution in [0.2, 0.25) is 0 Å². The molecule has 0 saturated heterocycles. The number of thioether (sulfide) groups is 1. The Morgan fingerprint density at radius 1 is 1.00 bits per heavy atom. The van der Waals surface area contributed by atoms with Crippen LogP contribution in [-0.2, 0) is 4.79 Å². The van der Waals surface area contributed by atoms with Crippen LogP contribution in [0.25, 0.3) is 11.3 Å². The number of hydrogen-bond acceptors (Lipinski definition) is 6. The molecule has 1 aliphatic heterocycles. The van der Waals surface area contributed by atoms with E-state index >= 15 is 0 Å². The number of carbonyl (C=O) groups is 2. The van der Waals surface area contributed by atoms with Gasteiger partial charge < -0.3 is 16.4 Å². The Balaban J connectivity index is 2.03. The summed E-state index contributed by atoms with van der Waals surface area (Å²) in [6.45, 7) is 4.94. The summed E-state index contributed by atoms with van der Waals surface area (Å²) in [5.74, 6) is 0.631. The van der Waals surface area contributed by atoms with Gasteiger partial charge in [-0.05, 0) is 43.5 Å². The smallest absolute Gasteiger partial charge is 0.251 e. The van der Waals surface area contributed by atoms with Crippen molar-refractivity contribution in [1.82, 2.24) is 20.6 Å². The molecule has 7 nitrogen and oxygen atoms in total. The maximum absolute atomic E-state index is 12.6. The molecular weight excluding hydrogens is 362 g/mol. The average Bonchev–Trinajstić information content (AvgIpc) is 2.60. The molecule has 0 fully saturated rings. The van der Waals surface area contributed by atoms with Crippen molar-refractivity contribution in [3.63, 3.8) is 0 Å². The topological polar surface area (TPSA) is 110 Å². The normalized spacial score (nSPS) is 15.8. The van der Waals surface area contributed by atoms with E-state index in [2.05, 4.69) is 20.6 Å². The van der Waals surface area contributed by atoms with Crippen LogP contribution in [-0.4, -0.2) is 40.6 Å². The number of nitrogens with zero attached hydrogens (tertiary/aromatic N) is 2. The van der Waals surface area contributed by atoms with Crippen molar-refractivity contribution < 1.29 is 9.59 Å². The molecule has 0 aliphatic carbocycles. The first-order chi connectivity index (χ1) is 12.9. The van der Waals surface area contributed by atoms with Gasteiger partial charge in [-0.2, -0.15) is 0 Å². The van der Waals surface area contributed by atoms with Gasteiger partial charge >= 0.3 is 0 Å². The number of fused-ring (bicyclic) bond motifs is 5. The summed E-state index contributed by atoms with van der Waals surface area (Å²) in [6.07, 6.45) is 1.07. The second kappa shape index (κ2) is 8.39. The number of anilines is 1. The van der Waals surface area contributed by atoms with Gasteiger partial charge in [0.1, 0.15) is 5.03 Å². The molecular formula is C19H23N5O2S. The molecule has 0 saturated carbocycles. The van der Waals surface area contributed by atoms with Crippen molar-refractivity contribution in [1.29, 1.82) is 0 Å². The fourth-order valence-electron chi connectivity index (χ4n) is 2.98. The average molecular weight is 385 g/mol. The zero-order valence-corrected chi connectivity index (χ0v) is 16.3. The highest BCUT2D eigenvalue weighted by Gasteiger charge is 2.15. The molecule has 1 aromatic carbocycles. The molecule has 0 unspecified atom stereocenters. The summed E-state index contributed by atoms with van der Waals surface area (Å²) >= 11 is 1.47. The summed E-state index contributed by atoms with van der Waals surface area (Å²) in [5.41, 5.74) is 9.95. The van der Waals surface area contributed by atoms with Crippen molar-refractivity contribution in [3.8, 4) is 11.3 Å². The van der Waals surface area contributed by atoms with Crippen molar-refractivity contribution in [2.45, 2.75) is 31.7 Å². The van der Waals surface area contributed by atoms with Gasteiger partial charge in [-0.1, -0.05) is 6.07 Å². The van der Waals surface area contributed by atoms with Gasteiger partial charge in [0.25, 0.3) is 5.91 Å². The summed E-state index contributed by atoms with van der Waals surface area (Å²) in [4.78, 5) is 33.1. The Morgan fingerprint density at radius 3 is 2.56 bits per heavy atom. The van der Waals surface area contributed by atoms with Gasteiger partial charge in [0, 0.05) is 36.4 Å². The van der Waals surface area contributed by atoms with Crippen molar-refractivity contribution in [3.05, 3.63) is 34.9 Å². The minimum absolute atomic E-state index is 0.0138. The number of nitrogens with one attached hydrogen (secondary N) is 2. The Labute approximate surface area is 162 Å². The molecule has 27 heavy (non-hydrogen) atoms. The van der Waals surface area contributed by atoms with E-state index < -0.39 is 0 Å². The Bertz CT molecular complexity index is 885. The molecule has 0 atom stereocenters. The molecule has 8 heteroatoms. The molecule has 4 N–H and O–H groups in total. The van der Waals surface area contributed by atoms with Crippen LogP contribution >= 0.6 is 11.8 Å². The molecule has 0 radical (unpaired) electrons. The van der Waals surface area contributed by atoms with Gasteiger partial charge in [-0.15, -0.1) is 11.8 Å². The lowest BCUT2D eigenvalue weighted by Gasteiger charge is -2.14. The molecule has 0 spiro atoms. The summed E-state index contributed by atoms with van der Waals surface area (Å²) in [5, 5.41) is 6.49. The SMILES string of the molecule is Cc1cc(C)c2cc1C(=O)NCCCNC(=O)CCSc1cc-2nc(N)n1. The van der Waals surface area contributed by atoms with E-state index in [1.807, 2.05) is 32.0 Å². The third kappa shape index (κ3) is 4.77. The number of carbonyl (C=O) groups excluding carboxylic acids is 2. The van der Waals surface area contributed by atoms with Crippen LogP contribution in [0.15, 0.2) is 23.2 Å². The number of nitrogens with two attached hydrogens (primary N) is 1. The minimum Gasteiger partial charge on any atom is -0.368 e. The number of aryl methyl sites for hydroxylation is 2. The number of aromatic nitrogens is 2. The van der Waals surface area contributed by atoms with Crippen LogP contribution < -0.4 is 16.4 Å². The summed E-state index contributed by atoms with van der Waals surface area (Å²) in [6, 6.07) is 5.70. The maximum atomic E-state index is 12.6. The first-order valence-corrected chi connectivity index (χ1v) is 9.86. The Kier molecular flexibility index (Phi) is 5.95. The summed E-state index contributed by atoms with van der Waals surface area (Å²) < 4.78 is 0. The zero-order chi connectivity index (χ0) is 19.4. The van der Waals surface area contributed by atoms with Gasteiger partial charge in [-0.25, -0.2) is 9.97 Å². The second-order valence-electron chi connectivity index (χ2n) is 6.49. The predicted octanol–water partition coefficient (Wildman–Crippen LogP) is 2.07. The highest BCUT2D eigenvalue weighted by atomic mass is 32.2. The number of rotatable bonds is 0. The van der Waals surface area contributed by atoms with Crippen LogP contribution in [0.3, 0.4) is 0 Å². The van der Waals surface area contributed by atoms with Crippen molar-refractivity contribution in [2.24, 2.45) is 0 Å².